The third-order valence-corrected chi connectivity index (χ3v) is 2.10. The molecule has 10 heavy (non-hydrogen) atoms. The molecule has 1 aliphatic rings. The van der Waals surface area contributed by atoms with Gasteiger partial charge in [-0.15, -0.1) is 0 Å². The fourth-order valence-corrected chi connectivity index (χ4v) is 1.22. The molecule has 60 valence electrons. The summed E-state index contributed by atoms with van der Waals surface area (Å²) in [4.78, 5) is 0. The van der Waals surface area contributed by atoms with Crippen LogP contribution in [0.25, 0.3) is 0 Å². The van der Waals surface area contributed by atoms with Gasteiger partial charge in [0.2, 0.25) is 0 Å². The van der Waals surface area contributed by atoms with Crippen LogP contribution in [0.15, 0.2) is 0 Å². The Bertz CT molecular complexity index is 114. The van der Waals surface area contributed by atoms with Crippen molar-refractivity contribution < 1.29 is 9.84 Å². The molecule has 3 N–H and O–H groups in total. The average molecular weight is 145 g/mol. The summed E-state index contributed by atoms with van der Waals surface area (Å²) >= 11 is 0. The van der Waals surface area contributed by atoms with Gasteiger partial charge >= 0.3 is 0 Å². The van der Waals surface area contributed by atoms with Crippen molar-refractivity contribution in [2.75, 3.05) is 20.3 Å². The predicted molar refractivity (Wildman–Crippen MR) is 38.6 cm³/mol. The SMILES string of the molecule is COCC(N)(CO)C1CC1. The van der Waals surface area contributed by atoms with Gasteiger partial charge in [-0.05, 0) is 18.8 Å². The fourth-order valence-electron chi connectivity index (χ4n) is 1.22. The number of ether oxygens (including phenoxy) is 1. The number of hydrogen-bond acceptors (Lipinski definition) is 3. The maximum Gasteiger partial charge on any atom is 0.0667 e. The molecule has 0 aromatic rings. The maximum atomic E-state index is 8.92. The summed E-state index contributed by atoms with van der Waals surface area (Å²) < 4.78 is 4.91. The molecule has 0 aliphatic heterocycles. The highest BCUT2D eigenvalue weighted by Crippen LogP contribution is 2.37. The Morgan fingerprint density at radius 1 is 1.70 bits per heavy atom. The molecule has 1 atom stereocenters. The monoisotopic (exact) mass is 145 g/mol. The Morgan fingerprint density at radius 3 is 2.60 bits per heavy atom. The molecule has 0 saturated heterocycles. The molecule has 1 unspecified atom stereocenters. The van der Waals surface area contributed by atoms with Crippen molar-refractivity contribution >= 4 is 0 Å². The molecule has 1 fully saturated rings. The molecule has 0 radical (unpaired) electrons. The fraction of sp³-hybridized carbons (Fsp3) is 1.00. The van der Waals surface area contributed by atoms with E-state index in [0.29, 0.717) is 12.5 Å². The summed E-state index contributed by atoms with van der Waals surface area (Å²) in [6.07, 6.45) is 2.28. The summed E-state index contributed by atoms with van der Waals surface area (Å²) in [7, 11) is 1.61. The van der Waals surface area contributed by atoms with Crippen LogP contribution >= 0.6 is 0 Å². The van der Waals surface area contributed by atoms with Gasteiger partial charge in [-0.3, -0.25) is 0 Å². The van der Waals surface area contributed by atoms with E-state index in [0.717, 1.165) is 12.8 Å². The summed E-state index contributed by atoms with van der Waals surface area (Å²) in [5.41, 5.74) is 5.37. The Morgan fingerprint density at radius 2 is 2.30 bits per heavy atom. The number of methoxy groups -OCH3 is 1. The average Bonchev–Trinajstić information content (AvgIpc) is 2.69. The lowest BCUT2D eigenvalue weighted by Crippen LogP contribution is -2.50. The quantitative estimate of drug-likeness (QED) is 0.572. The lowest BCUT2D eigenvalue weighted by molar-refractivity contribution is 0.0738. The first kappa shape index (κ1) is 7.98. The molecular weight excluding hydrogens is 130 g/mol. The highest BCUT2D eigenvalue weighted by Gasteiger charge is 2.41. The van der Waals surface area contributed by atoms with Gasteiger partial charge < -0.3 is 15.6 Å². The van der Waals surface area contributed by atoms with Crippen LogP contribution in [-0.2, 0) is 4.74 Å². The number of nitrogens with two attached hydrogens (primary N) is 1. The zero-order valence-corrected chi connectivity index (χ0v) is 6.34. The second-order valence-electron chi connectivity index (χ2n) is 3.10. The van der Waals surface area contributed by atoms with E-state index in [9.17, 15) is 0 Å². The first-order valence-electron chi connectivity index (χ1n) is 3.61. The van der Waals surface area contributed by atoms with Gasteiger partial charge in [-0.2, -0.15) is 0 Å². The number of aliphatic hydroxyl groups excluding tert-OH is 1. The van der Waals surface area contributed by atoms with Gasteiger partial charge in [0.25, 0.3) is 0 Å². The molecule has 1 rings (SSSR count). The van der Waals surface area contributed by atoms with E-state index in [4.69, 9.17) is 15.6 Å². The third-order valence-electron chi connectivity index (χ3n) is 2.10. The largest absolute Gasteiger partial charge is 0.394 e. The molecule has 3 nitrogen and oxygen atoms in total. The van der Waals surface area contributed by atoms with Crippen LogP contribution in [0.1, 0.15) is 12.8 Å². The minimum atomic E-state index is -0.464. The number of aliphatic hydroxyl groups is 1. The molecule has 0 bridgehead atoms. The number of hydrogen-bond donors (Lipinski definition) is 2. The smallest absolute Gasteiger partial charge is 0.0667 e. The van der Waals surface area contributed by atoms with Crippen LogP contribution in [0.5, 0.6) is 0 Å². The zero-order chi connectivity index (χ0) is 7.61. The summed E-state index contributed by atoms with van der Waals surface area (Å²) in [6.45, 7) is 0.500. The molecule has 1 saturated carbocycles. The van der Waals surface area contributed by atoms with Crippen LogP contribution in [0, 0.1) is 5.92 Å². The first-order valence-corrected chi connectivity index (χ1v) is 3.61. The van der Waals surface area contributed by atoms with E-state index >= 15 is 0 Å². The van der Waals surface area contributed by atoms with E-state index < -0.39 is 5.54 Å². The van der Waals surface area contributed by atoms with Gasteiger partial charge in [0.05, 0.1) is 18.8 Å². The molecular formula is C7H15NO2. The van der Waals surface area contributed by atoms with E-state index in [-0.39, 0.29) is 6.61 Å². The van der Waals surface area contributed by atoms with Crippen LogP contribution in [0.3, 0.4) is 0 Å². The second kappa shape index (κ2) is 2.86. The Balaban J connectivity index is 2.39. The maximum absolute atomic E-state index is 8.92. The summed E-state index contributed by atoms with van der Waals surface area (Å²) in [6, 6.07) is 0. The third kappa shape index (κ3) is 1.48. The lowest BCUT2D eigenvalue weighted by Gasteiger charge is -2.25. The van der Waals surface area contributed by atoms with Crippen LogP contribution < -0.4 is 5.73 Å². The van der Waals surface area contributed by atoms with Crippen LogP contribution in [-0.4, -0.2) is 31.0 Å². The highest BCUT2D eigenvalue weighted by molar-refractivity contribution is 4.98. The minimum absolute atomic E-state index is 0.0332. The Labute approximate surface area is 61.2 Å². The van der Waals surface area contributed by atoms with Gasteiger partial charge in [0, 0.05) is 7.11 Å². The van der Waals surface area contributed by atoms with Gasteiger partial charge in [-0.25, -0.2) is 0 Å². The number of rotatable bonds is 4. The highest BCUT2D eigenvalue weighted by atomic mass is 16.5. The normalized spacial score (nSPS) is 24.3. The van der Waals surface area contributed by atoms with Crippen molar-refractivity contribution in [1.82, 2.24) is 0 Å². The summed E-state index contributed by atoms with van der Waals surface area (Å²) in [5.74, 6) is 0.484. The van der Waals surface area contributed by atoms with E-state index in [2.05, 4.69) is 0 Å². The van der Waals surface area contributed by atoms with E-state index in [1.807, 2.05) is 0 Å². The van der Waals surface area contributed by atoms with Crippen molar-refractivity contribution in [3.63, 3.8) is 0 Å². The first-order chi connectivity index (χ1) is 4.73. The molecule has 0 heterocycles. The van der Waals surface area contributed by atoms with Crippen LogP contribution in [0.2, 0.25) is 0 Å². The molecule has 0 amide bonds. The minimum Gasteiger partial charge on any atom is -0.394 e. The molecule has 1 aliphatic carbocycles. The van der Waals surface area contributed by atoms with Gasteiger partial charge in [0.1, 0.15) is 0 Å². The van der Waals surface area contributed by atoms with E-state index in [1.54, 1.807) is 7.11 Å². The van der Waals surface area contributed by atoms with Crippen molar-refractivity contribution in [2.24, 2.45) is 11.7 Å². The van der Waals surface area contributed by atoms with Gasteiger partial charge in [0.15, 0.2) is 0 Å². The van der Waals surface area contributed by atoms with Crippen molar-refractivity contribution in [3.8, 4) is 0 Å². The Kier molecular flexibility index (Phi) is 2.28. The van der Waals surface area contributed by atoms with Crippen molar-refractivity contribution in [1.29, 1.82) is 0 Å². The molecule has 3 heteroatoms. The standard InChI is InChI=1S/C7H15NO2/c1-10-5-7(8,4-9)6-2-3-6/h6,9H,2-5,8H2,1H3. The molecule has 0 aromatic carbocycles. The lowest BCUT2D eigenvalue weighted by atomic mass is 9.97. The Hall–Kier alpha value is -0.120. The predicted octanol–water partition coefficient (Wildman–Crippen LogP) is -0.267. The topological polar surface area (TPSA) is 55.5 Å². The van der Waals surface area contributed by atoms with Crippen molar-refractivity contribution in [2.45, 2.75) is 18.4 Å². The molecule has 0 aromatic heterocycles. The summed E-state index contributed by atoms with van der Waals surface area (Å²) in [5, 5.41) is 8.92. The van der Waals surface area contributed by atoms with Crippen molar-refractivity contribution in [3.05, 3.63) is 0 Å². The van der Waals surface area contributed by atoms with Crippen LogP contribution in [0.4, 0.5) is 0 Å². The molecule has 0 spiro atoms. The van der Waals surface area contributed by atoms with E-state index in [1.165, 1.54) is 0 Å². The zero-order valence-electron chi connectivity index (χ0n) is 6.34. The van der Waals surface area contributed by atoms with Gasteiger partial charge in [-0.1, -0.05) is 0 Å². The second-order valence-corrected chi connectivity index (χ2v) is 3.10.